The van der Waals surface area contributed by atoms with E-state index in [1.165, 1.54) is 25.7 Å². The second-order valence-electron chi connectivity index (χ2n) is 9.48. The zero-order valence-corrected chi connectivity index (χ0v) is 25.4. The van der Waals surface area contributed by atoms with E-state index in [1.807, 2.05) is 25.3 Å². The second kappa shape index (κ2) is 16.3. The van der Waals surface area contributed by atoms with Crippen LogP contribution in [0.4, 0.5) is 0 Å². The fourth-order valence-electron chi connectivity index (χ4n) is 3.96. The van der Waals surface area contributed by atoms with Crippen molar-refractivity contribution in [1.82, 2.24) is 4.98 Å². The molecule has 0 unspecified atom stereocenters. The van der Waals surface area contributed by atoms with Crippen molar-refractivity contribution >= 4 is 23.4 Å². The fourth-order valence-corrected chi connectivity index (χ4v) is 4.53. The van der Waals surface area contributed by atoms with Crippen LogP contribution in [0.5, 0.6) is 0 Å². The van der Waals surface area contributed by atoms with Crippen LogP contribution in [0.3, 0.4) is 0 Å². The van der Waals surface area contributed by atoms with Gasteiger partial charge in [0, 0.05) is 51.4 Å². The molecule has 0 fully saturated rings. The summed E-state index contributed by atoms with van der Waals surface area (Å²) in [7, 11) is 0. The minimum atomic E-state index is -0.244. The molecule has 1 radical (unpaired) electrons. The molecule has 1 aromatic heterocycles. The van der Waals surface area contributed by atoms with E-state index in [2.05, 4.69) is 58.7 Å². The molecule has 1 aromatic rings. The number of aryl methyl sites for hydroxylation is 1. The zero-order chi connectivity index (χ0) is 23.6. The van der Waals surface area contributed by atoms with Crippen molar-refractivity contribution in [2.75, 3.05) is 0 Å². The molecule has 5 atom stereocenters. The van der Waals surface area contributed by atoms with Gasteiger partial charge in [-0.2, -0.15) is 19.8 Å². The quantitative estimate of drug-likeness (QED) is 0.111. The number of hydrogen-bond donors (Lipinski definition) is 0. The van der Waals surface area contributed by atoms with Gasteiger partial charge in [0.05, 0.1) is 10.7 Å². The van der Waals surface area contributed by atoms with Crippen molar-refractivity contribution in [2.24, 2.45) is 23.7 Å². The van der Waals surface area contributed by atoms with E-state index < -0.39 is 0 Å². The summed E-state index contributed by atoms with van der Waals surface area (Å²) < 4.78 is 5.55. The fraction of sp³-hybridized carbons (Fsp3) is 0.667. The molecular weight excluding hydrogens is 491 g/mol. The number of nitrogens with zero attached hydrogens (tertiary/aromatic N) is 1. The van der Waals surface area contributed by atoms with E-state index >= 15 is 0 Å². The molecule has 0 saturated carbocycles. The SMILES string of the molecule is CC(=O)O[C@@H](C/C=C\CCC[C@H](C)[C@H](C)[C@@H](C)[C@@H](C)[C-](C)C)/C(C)=C/c1csc(C)n1.[Y]. The summed E-state index contributed by atoms with van der Waals surface area (Å²) in [6.45, 7) is 19.5. The van der Waals surface area contributed by atoms with Crippen LogP contribution in [0.25, 0.3) is 6.08 Å². The summed E-state index contributed by atoms with van der Waals surface area (Å²) >= 11 is 1.63. The average Bonchev–Trinajstić information content (AvgIpc) is 3.11. The van der Waals surface area contributed by atoms with E-state index in [-0.39, 0.29) is 44.8 Å². The summed E-state index contributed by atoms with van der Waals surface area (Å²) in [5.74, 6) is 4.14. The number of ether oxygens (including phenoxy) is 1. The molecule has 0 bridgehead atoms. The van der Waals surface area contributed by atoms with Gasteiger partial charge in [-0.1, -0.05) is 52.2 Å². The minimum Gasteiger partial charge on any atom is -0.458 e. The number of rotatable bonds is 13. The zero-order valence-electron chi connectivity index (χ0n) is 21.8. The maximum absolute atomic E-state index is 11.5. The van der Waals surface area contributed by atoms with Crippen LogP contribution in [0.15, 0.2) is 23.1 Å². The van der Waals surface area contributed by atoms with Crippen molar-refractivity contribution in [3.8, 4) is 0 Å². The van der Waals surface area contributed by atoms with Crippen molar-refractivity contribution in [1.29, 1.82) is 0 Å². The molecule has 0 amide bonds. The summed E-state index contributed by atoms with van der Waals surface area (Å²) in [6, 6.07) is 0. The Morgan fingerprint density at radius 1 is 1.16 bits per heavy atom. The van der Waals surface area contributed by atoms with Crippen LogP contribution in [0, 0.1) is 36.5 Å². The van der Waals surface area contributed by atoms with Gasteiger partial charge in [-0.15, -0.1) is 11.3 Å². The molecule has 179 valence electrons. The van der Waals surface area contributed by atoms with Gasteiger partial charge in [0.2, 0.25) is 0 Å². The first-order valence-electron chi connectivity index (χ1n) is 11.8. The molecule has 0 aliphatic rings. The van der Waals surface area contributed by atoms with E-state index in [1.54, 1.807) is 11.3 Å². The van der Waals surface area contributed by atoms with E-state index in [0.29, 0.717) is 12.3 Å². The third kappa shape index (κ3) is 11.7. The Morgan fingerprint density at radius 3 is 2.34 bits per heavy atom. The predicted octanol–water partition coefficient (Wildman–Crippen LogP) is 8.06. The number of thiazole rings is 1. The average molecular weight is 536 g/mol. The van der Waals surface area contributed by atoms with Gasteiger partial charge in [0.25, 0.3) is 0 Å². The molecule has 0 spiro atoms. The summed E-state index contributed by atoms with van der Waals surface area (Å²) in [5.41, 5.74) is 1.96. The molecule has 3 nitrogen and oxygen atoms in total. The Balaban J connectivity index is 0.00000961. The van der Waals surface area contributed by atoms with Crippen molar-refractivity contribution in [3.05, 3.63) is 39.7 Å². The normalized spacial score (nSPS) is 17.0. The third-order valence-corrected chi connectivity index (χ3v) is 7.59. The van der Waals surface area contributed by atoms with Gasteiger partial charge >= 0.3 is 5.97 Å². The van der Waals surface area contributed by atoms with Gasteiger partial charge in [-0.3, -0.25) is 4.79 Å². The predicted molar refractivity (Wildman–Crippen MR) is 135 cm³/mol. The number of allylic oxidation sites excluding steroid dienone is 1. The molecule has 0 aromatic carbocycles. The maximum Gasteiger partial charge on any atom is 0.303 e. The molecule has 0 N–H and O–H groups in total. The van der Waals surface area contributed by atoms with Crippen molar-refractivity contribution in [3.63, 3.8) is 0 Å². The largest absolute Gasteiger partial charge is 0.458 e. The molecule has 0 aliphatic heterocycles. The monoisotopic (exact) mass is 535 g/mol. The minimum absolute atomic E-state index is 0. The van der Waals surface area contributed by atoms with Crippen LogP contribution in [-0.4, -0.2) is 17.1 Å². The Bertz CT molecular complexity index is 725. The smallest absolute Gasteiger partial charge is 0.303 e. The summed E-state index contributed by atoms with van der Waals surface area (Å²) in [6.07, 6.45) is 10.4. The Labute approximate surface area is 226 Å². The molecule has 32 heavy (non-hydrogen) atoms. The van der Waals surface area contributed by atoms with Crippen molar-refractivity contribution < 1.29 is 42.2 Å². The third-order valence-electron chi connectivity index (χ3n) is 6.80. The topological polar surface area (TPSA) is 39.2 Å². The molecule has 0 saturated heterocycles. The Hall–Kier alpha value is -0.316. The van der Waals surface area contributed by atoms with Crippen molar-refractivity contribution in [2.45, 2.75) is 94.1 Å². The van der Waals surface area contributed by atoms with E-state index in [4.69, 9.17) is 4.74 Å². The number of aromatic nitrogens is 1. The van der Waals surface area contributed by atoms with Crippen LogP contribution in [0.1, 0.15) is 91.8 Å². The number of unbranched alkanes of at least 4 members (excludes halogenated alkanes) is 1. The van der Waals surface area contributed by atoms with Gasteiger partial charge in [0.1, 0.15) is 6.10 Å². The molecular formula is C27H44NO2SY-. The molecule has 1 rings (SSSR count). The number of carbonyl (C=O) groups excluding carboxylic acids is 1. The standard InChI is InChI=1S/C27H44NO2S.Y/c1-18(2)21(5)23(7)22(6)19(3)14-12-10-11-13-15-27(30-25(9)29)20(4)16-26-17-31-24(8)28-26;/h11,13,16-17,19,21-23,27H,10,12,14-15H2,1-9H3;/q-1;/b13-11-,20-16+;/t19-,21-,22-,23-,27-;/m0./s1. The van der Waals surface area contributed by atoms with Crippen LogP contribution in [-0.2, 0) is 42.2 Å². The van der Waals surface area contributed by atoms with E-state index in [9.17, 15) is 4.79 Å². The maximum atomic E-state index is 11.5. The van der Waals surface area contributed by atoms with Crippen LogP contribution in [0.2, 0.25) is 0 Å². The summed E-state index contributed by atoms with van der Waals surface area (Å²) in [4.78, 5) is 16.0. The Kier molecular flexibility index (Phi) is 16.2. The van der Waals surface area contributed by atoms with Gasteiger partial charge in [-0.25, -0.2) is 4.98 Å². The molecule has 1 heterocycles. The Morgan fingerprint density at radius 2 is 1.81 bits per heavy atom. The number of hydrogen-bond acceptors (Lipinski definition) is 4. The number of esters is 1. The first-order valence-corrected chi connectivity index (χ1v) is 12.6. The first kappa shape index (κ1) is 31.7. The van der Waals surface area contributed by atoms with E-state index in [0.717, 1.165) is 40.4 Å². The molecule has 0 aliphatic carbocycles. The second-order valence-corrected chi connectivity index (χ2v) is 10.5. The molecule has 5 heteroatoms. The van der Waals surface area contributed by atoms with Gasteiger partial charge in [0.15, 0.2) is 0 Å². The van der Waals surface area contributed by atoms with Gasteiger partial charge in [-0.05, 0) is 50.2 Å². The van der Waals surface area contributed by atoms with Crippen LogP contribution >= 0.6 is 11.3 Å². The van der Waals surface area contributed by atoms with Crippen LogP contribution < -0.4 is 0 Å². The van der Waals surface area contributed by atoms with Gasteiger partial charge < -0.3 is 10.7 Å². The first-order chi connectivity index (χ1) is 14.5. The number of carbonyl (C=O) groups is 1. The summed E-state index contributed by atoms with van der Waals surface area (Å²) in [5, 5.41) is 3.07.